The third-order valence-corrected chi connectivity index (χ3v) is 7.21. The Morgan fingerprint density at radius 2 is 1.97 bits per heavy atom. The maximum atomic E-state index is 12.5. The summed E-state index contributed by atoms with van der Waals surface area (Å²) in [6, 6.07) is 11.6. The van der Waals surface area contributed by atoms with E-state index in [-0.39, 0.29) is 12.7 Å². The molecule has 1 aliphatic rings. The number of rotatable bonds is 7. The van der Waals surface area contributed by atoms with E-state index < -0.39 is 0 Å². The van der Waals surface area contributed by atoms with Gasteiger partial charge in [-0.3, -0.25) is 4.79 Å². The molecule has 3 aromatic rings. The maximum Gasteiger partial charge on any atom is 0.249 e. The van der Waals surface area contributed by atoms with Crippen LogP contribution in [0.1, 0.15) is 6.42 Å². The third kappa shape index (κ3) is 4.94. The standard InChI is InChI=1S/C20H19ClN2O3S3/c1-27-9-7-23-15-10-16-17(26-12-25-16)11-18(15)29-20(23)22-19(24)6-8-28-14-4-2-13(21)3-5-14/h2-5,10-11H,6-9,12H2,1H3. The molecule has 0 saturated carbocycles. The molecule has 0 aliphatic carbocycles. The lowest BCUT2D eigenvalue weighted by atomic mass is 10.3. The number of ether oxygens (including phenoxy) is 2. The zero-order valence-electron chi connectivity index (χ0n) is 15.7. The van der Waals surface area contributed by atoms with Gasteiger partial charge < -0.3 is 14.0 Å². The molecule has 2 heterocycles. The van der Waals surface area contributed by atoms with Crippen molar-refractivity contribution in [3.8, 4) is 11.5 Å². The van der Waals surface area contributed by atoms with Crippen molar-refractivity contribution >= 4 is 62.6 Å². The van der Waals surface area contributed by atoms with Gasteiger partial charge in [0.05, 0.1) is 10.2 Å². The molecule has 4 rings (SSSR count). The zero-order valence-corrected chi connectivity index (χ0v) is 18.9. The van der Waals surface area contributed by atoms with Crippen LogP contribution in [0.3, 0.4) is 0 Å². The topological polar surface area (TPSA) is 52.8 Å². The largest absolute Gasteiger partial charge is 0.454 e. The second-order valence-corrected chi connectivity index (χ2v) is 9.86. The molecule has 152 valence electrons. The fourth-order valence-electron chi connectivity index (χ4n) is 2.89. The zero-order chi connectivity index (χ0) is 20.2. The van der Waals surface area contributed by atoms with Gasteiger partial charge in [0, 0.05) is 46.5 Å². The highest BCUT2D eigenvalue weighted by Crippen LogP contribution is 2.37. The van der Waals surface area contributed by atoms with Crippen LogP contribution in [0.4, 0.5) is 0 Å². The first-order valence-electron chi connectivity index (χ1n) is 9.02. The van der Waals surface area contributed by atoms with Gasteiger partial charge in [-0.25, -0.2) is 0 Å². The summed E-state index contributed by atoms with van der Waals surface area (Å²) >= 11 is 10.8. The lowest BCUT2D eigenvalue weighted by molar-refractivity contribution is -0.117. The monoisotopic (exact) mass is 466 g/mol. The molecule has 2 aromatic carbocycles. The van der Waals surface area contributed by atoms with Crippen molar-refractivity contribution in [2.45, 2.75) is 17.9 Å². The maximum absolute atomic E-state index is 12.5. The van der Waals surface area contributed by atoms with Gasteiger partial charge in [-0.1, -0.05) is 22.9 Å². The summed E-state index contributed by atoms with van der Waals surface area (Å²) in [5, 5.41) is 0.710. The number of aryl methyl sites for hydroxylation is 1. The lowest BCUT2D eigenvalue weighted by Gasteiger charge is -2.04. The van der Waals surface area contributed by atoms with Gasteiger partial charge in [0.1, 0.15) is 0 Å². The lowest BCUT2D eigenvalue weighted by Crippen LogP contribution is -2.18. The van der Waals surface area contributed by atoms with Crippen molar-refractivity contribution in [2.24, 2.45) is 4.99 Å². The summed E-state index contributed by atoms with van der Waals surface area (Å²) in [6.07, 6.45) is 2.45. The molecule has 1 aliphatic heterocycles. The van der Waals surface area contributed by atoms with Crippen molar-refractivity contribution in [3.63, 3.8) is 0 Å². The van der Waals surface area contributed by atoms with Crippen molar-refractivity contribution in [1.29, 1.82) is 0 Å². The molecular weight excluding hydrogens is 448 g/mol. The molecule has 5 nitrogen and oxygen atoms in total. The third-order valence-electron chi connectivity index (χ3n) is 4.31. The van der Waals surface area contributed by atoms with E-state index in [2.05, 4.69) is 15.8 Å². The predicted octanol–water partition coefficient (Wildman–Crippen LogP) is 5.06. The van der Waals surface area contributed by atoms with Crippen molar-refractivity contribution in [2.75, 3.05) is 24.6 Å². The van der Waals surface area contributed by atoms with Crippen LogP contribution in [0.2, 0.25) is 5.02 Å². The van der Waals surface area contributed by atoms with Gasteiger partial charge >= 0.3 is 0 Å². The molecule has 0 atom stereocenters. The summed E-state index contributed by atoms with van der Waals surface area (Å²) in [5.41, 5.74) is 1.02. The van der Waals surface area contributed by atoms with E-state index in [9.17, 15) is 4.79 Å². The fourth-order valence-corrected chi connectivity index (χ4v) is 5.31. The highest BCUT2D eigenvalue weighted by atomic mass is 35.5. The first kappa shape index (κ1) is 20.7. The average Bonchev–Trinajstić information content (AvgIpc) is 3.29. The van der Waals surface area contributed by atoms with Crippen LogP contribution >= 0.6 is 46.5 Å². The quantitative estimate of drug-likeness (QED) is 0.455. The molecule has 1 aromatic heterocycles. The van der Waals surface area contributed by atoms with Crippen LogP contribution in [0.25, 0.3) is 10.2 Å². The summed E-state index contributed by atoms with van der Waals surface area (Å²) < 4.78 is 14.1. The molecule has 0 spiro atoms. The highest BCUT2D eigenvalue weighted by Gasteiger charge is 2.18. The molecule has 0 saturated heterocycles. The van der Waals surface area contributed by atoms with Gasteiger partial charge in [0.15, 0.2) is 16.3 Å². The van der Waals surface area contributed by atoms with E-state index in [1.54, 1.807) is 23.5 Å². The van der Waals surface area contributed by atoms with E-state index in [1.165, 1.54) is 11.3 Å². The van der Waals surface area contributed by atoms with E-state index in [4.69, 9.17) is 21.1 Å². The summed E-state index contributed by atoms with van der Waals surface area (Å²) in [4.78, 5) is 18.7. The number of carbonyl (C=O) groups is 1. The molecule has 9 heteroatoms. The minimum Gasteiger partial charge on any atom is -0.454 e. The van der Waals surface area contributed by atoms with E-state index in [0.29, 0.717) is 17.2 Å². The van der Waals surface area contributed by atoms with Crippen LogP contribution in [-0.2, 0) is 11.3 Å². The van der Waals surface area contributed by atoms with Gasteiger partial charge in [0.2, 0.25) is 12.7 Å². The summed E-state index contributed by atoms with van der Waals surface area (Å²) in [6.45, 7) is 1.03. The molecule has 0 unspecified atom stereocenters. The Hall–Kier alpha value is -1.61. The second kappa shape index (κ2) is 9.47. The van der Waals surface area contributed by atoms with Crippen molar-refractivity contribution in [3.05, 3.63) is 46.2 Å². The van der Waals surface area contributed by atoms with E-state index in [1.807, 2.05) is 36.4 Å². The molecule has 29 heavy (non-hydrogen) atoms. The van der Waals surface area contributed by atoms with Crippen LogP contribution in [0.5, 0.6) is 11.5 Å². The summed E-state index contributed by atoms with van der Waals surface area (Å²) in [7, 11) is 0. The van der Waals surface area contributed by atoms with Gasteiger partial charge in [-0.15, -0.1) is 11.8 Å². The Morgan fingerprint density at radius 1 is 1.21 bits per heavy atom. The average molecular weight is 467 g/mol. The number of nitrogens with zero attached hydrogens (tertiary/aromatic N) is 2. The number of hydrogen-bond donors (Lipinski definition) is 0. The Labute approximate surface area is 186 Å². The number of thioether (sulfide) groups is 2. The van der Waals surface area contributed by atoms with Crippen molar-refractivity contribution in [1.82, 2.24) is 4.57 Å². The van der Waals surface area contributed by atoms with Crippen LogP contribution in [-0.4, -0.2) is 35.0 Å². The Morgan fingerprint density at radius 3 is 2.72 bits per heavy atom. The minimum absolute atomic E-state index is 0.115. The molecular formula is C20H19ClN2O3S3. The van der Waals surface area contributed by atoms with Gasteiger partial charge in [-0.2, -0.15) is 16.8 Å². The number of benzene rings is 2. The predicted molar refractivity (Wildman–Crippen MR) is 122 cm³/mol. The molecule has 0 radical (unpaired) electrons. The normalized spacial score (nSPS) is 13.4. The number of halogens is 1. The molecule has 1 amide bonds. The molecule has 0 bridgehead atoms. The van der Waals surface area contributed by atoms with Crippen LogP contribution in [0, 0.1) is 0 Å². The van der Waals surface area contributed by atoms with Gasteiger partial charge in [-0.05, 0) is 30.5 Å². The number of fused-ring (bicyclic) bond motifs is 2. The number of hydrogen-bond acceptors (Lipinski definition) is 6. The van der Waals surface area contributed by atoms with Crippen LogP contribution < -0.4 is 14.3 Å². The first-order chi connectivity index (χ1) is 14.1. The van der Waals surface area contributed by atoms with Crippen molar-refractivity contribution < 1.29 is 14.3 Å². The SMILES string of the molecule is CSCCn1c(=NC(=O)CCSc2ccc(Cl)cc2)sc2cc3c(cc21)OCO3. The van der Waals surface area contributed by atoms with E-state index >= 15 is 0 Å². The number of amides is 1. The Bertz CT molecular complexity index is 1090. The number of aromatic nitrogens is 1. The smallest absolute Gasteiger partial charge is 0.249 e. The molecule has 0 fully saturated rings. The molecule has 0 N–H and O–H groups in total. The fraction of sp³-hybridized carbons (Fsp3) is 0.300. The van der Waals surface area contributed by atoms with Gasteiger partial charge in [0.25, 0.3) is 0 Å². The number of thiazole rings is 1. The van der Waals surface area contributed by atoms with E-state index in [0.717, 1.165) is 43.7 Å². The minimum atomic E-state index is -0.115. The second-order valence-electron chi connectivity index (χ2n) is 6.26. The van der Waals surface area contributed by atoms with Crippen LogP contribution in [0.15, 0.2) is 46.3 Å². The Kier molecular flexibility index (Phi) is 6.74. The summed E-state index contributed by atoms with van der Waals surface area (Å²) in [5.74, 6) is 2.98. The first-order valence-corrected chi connectivity index (χ1v) is 12.6. The number of carbonyl (C=O) groups excluding carboxylic acids is 1. The highest BCUT2D eigenvalue weighted by molar-refractivity contribution is 7.99. The Balaban J connectivity index is 1.53.